The number of nitrogens with zero attached hydrogens (tertiary/aromatic N) is 2. The van der Waals surface area contributed by atoms with E-state index in [4.69, 9.17) is 0 Å². The fourth-order valence-electron chi connectivity index (χ4n) is 3.02. The van der Waals surface area contributed by atoms with Crippen LogP contribution in [-0.2, 0) is 6.54 Å². The van der Waals surface area contributed by atoms with E-state index in [0.717, 1.165) is 5.56 Å². The third-order valence-electron chi connectivity index (χ3n) is 4.49. The Balaban J connectivity index is 1.80. The fraction of sp³-hybridized carbons (Fsp3) is 0.0909. The molecular formula is C22H18FN3OS. The average Bonchev–Trinajstić information content (AvgIpc) is 2.74. The van der Waals surface area contributed by atoms with Crippen molar-refractivity contribution in [3.05, 3.63) is 94.5 Å². The molecule has 0 saturated heterocycles. The third-order valence-corrected chi connectivity index (χ3v) is 5.23. The highest BCUT2D eigenvalue weighted by atomic mass is 32.2. The molecule has 4 aromatic rings. The van der Waals surface area contributed by atoms with Crippen LogP contribution in [0.2, 0.25) is 0 Å². The molecule has 4 rings (SSSR count). The van der Waals surface area contributed by atoms with E-state index in [0.29, 0.717) is 17.4 Å². The molecule has 0 radical (unpaired) electrons. The van der Waals surface area contributed by atoms with Crippen LogP contribution in [0.3, 0.4) is 0 Å². The summed E-state index contributed by atoms with van der Waals surface area (Å²) in [6.07, 6.45) is 2.02. The van der Waals surface area contributed by atoms with Gasteiger partial charge in [0, 0.05) is 4.90 Å². The second-order valence-corrected chi connectivity index (χ2v) is 7.14. The molecule has 0 unspecified atom stereocenters. The highest BCUT2D eigenvalue weighted by molar-refractivity contribution is 7.98. The van der Waals surface area contributed by atoms with Crippen molar-refractivity contribution >= 4 is 22.7 Å². The minimum Gasteiger partial charge on any atom is -0.317 e. The maximum Gasteiger partial charge on any atom is 0.280 e. The number of fused-ring (bicyclic) bond motifs is 1. The lowest BCUT2D eigenvalue weighted by Crippen LogP contribution is -2.31. The van der Waals surface area contributed by atoms with E-state index in [9.17, 15) is 9.18 Å². The first-order valence-electron chi connectivity index (χ1n) is 8.81. The first-order chi connectivity index (χ1) is 13.7. The standard InChI is InChI=1S/C22H18FN3OS/c1-28-16-12-10-15(11-13-16)14-24-26-21(17-6-2-4-8-19(17)23)25-20-9-5-3-7-18(20)22(26)27/h2-13,24H,14H2,1H3. The van der Waals surface area contributed by atoms with Crippen LogP contribution in [0.15, 0.2) is 82.5 Å². The van der Waals surface area contributed by atoms with Crippen LogP contribution >= 0.6 is 11.8 Å². The first kappa shape index (κ1) is 18.3. The number of hydrogen-bond acceptors (Lipinski definition) is 4. The molecule has 1 N–H and O–H groups in total. The van der Waals surface area contributed by atoms with E-state index in [1.165, 1.54) is 15.6 Å². The predicted octanol–water partition coefficient (Wildman–Crippen LogP) is 4.67. The number of para-hydroxylation sites is 1. The van der Waals surface area contributed by atoms with Gasteiger partial charge in [0.2, 0.25) is 0 Å². The number of thioether (sulfide) groups is 1. The van der Waals surface area contributed by atoms with Crippen LogP contribution in [0.25, 0.3) is 22.3 Å². The van der Waals surface area contributed by atoms with Crippen molar-refractivity contribution < 1.29 is 4.39 Å². The Kier molecular flexibility index (Phi) is 5.12. The summed E-state index contributed by atoms with van der Waals surface area (Å²) < 4.78 is 15.8. The monoisotopic (exact) mass is 391 g/mol. The number of benzene rings is 3. The quantitative estimate of drug-likeness (QED) is 0.502. The number of nitrogens with one attached hydrogen (secondary N) is 1. The van der Waals surface area contributed by atoms with E-state index < -0.39 is 5.82 Å². The molecule has 4 nitrogen and oxygen atoms in total. The van der Waals surface area contributed by atoms with Crippen molar-refractivity contribution in [3.63, 3.8) is 0 Å². The number of rotatable bonds is 5. The lowest BCUT2D eigenvalue weighted by atomic mass is 10.1. The Morgan fingerprint density at radius 3 is 2.46 bits per heavy atom. The SMILES string of the molecule is CSc1ccc(CNn2c(-c3ccccc3F)nc3ccccc3c2=O)cc1. The van der Waals surface area contributed by atoms with Crippen molar-refractivity contribution in [2.24, 2.45) is 0 Å². The summed E-state index contributed by atoms with van der Waals surface area (Å²) in [5, 5.41) is 0.479. The zero-order valence-corrected chi connectivity index (χ0v) is 16.0. The van der Waals surface area contributed by atoms with Gasteiger partial charge in [-0.05, 0) is 48.2 Å². The Labute approximate surface area is 166 Å². The van der Waals surface area contributed by atoms with Gasteiger partial charge < -0.3 is 5.43 Å². The van der Waals surface area contributed by atoms with E-state index in [-0.39, 0.29) is 16.9 Å². The topological polar surface area (TPSA) is 46.9 Å². The van der Waals surface area contributed by atoms with Crippen LogP contribution in [-0.4, -0.2) is 15.9 Å². The van der Waals surface area contributed by atoms with Gasteiger partial charge in [0.15, 0.2) is 5.82 Å². The molecule has 0 aliphatic heterocycles. The van der Waals surface area contributed by atoms with Crippen molar-refractivity contribution in [2.45, 2.75) is 11.4 Å². The molecule has 0 amide bonds. The fourth-order valence-corrected chi connectivity index (χ4v) is 3.42. The van der Waals surface area contributed by atoms with Crippen molar-refractivity contribution in [1.29, 1.82) is 0 Å². The van der Waals surface area contributed by atoms with Gasteiger partial charge >= 0.3 is 0 Å². The molecule has 1 aromatic heterocycles. The normalized spacial score (nSPS) is 10.9. The maximum atomic E-state index is 14.4. The Morgan fingerprint density at radius 1 is 1.00 bits per heavy atom. The zero-order chi connectivity index (χ0) is 19.5. The average molecular weight is 391 g/mol. The van der Waals surface area contributed by atoms with Crippen LogP contribution in [0.4, 0.5) is 4.39 Å². The van der Waals surface area contributed by atoms with E-state index >= 15 is 0 Å². The van der Waals surface area contributed by atoms with E-state index in [2.05, 4.69) is 10.4 Å². The first-order valence-corrected chi connectivity index (χ1v) is 10.0. The molecule has 28 heavy (non-hydrogen) atoms. The minimum atomic E-state index is -0.426. The van der Waals surface area contributed by atoms with Crippen LogP contribution in [0.5, 0.6) is 0 Å². The van der Waals surface area contributed by atoms with Gasteiger partial charge in [0.25, 0.3) is 5.56 Å². The van der Waals surface area contributed by atoms with Crippen LogP contribution in [0.1, 0.15) is 5.56 Å². The number of halogens is 1. The second kappa shape index (κ2) is 7.86. The lowest BCUT2D eigenvalue weighted by Gasteiger charge is -2.16. The van der Waals surface area contributed by atoms with Crippen molar-refractivity contribution in [3.8, 4) is 11.4 Å². The molecule has 3 aromatic carbocycles. The summed E-state index contributed by atoms with van der Waals surface area (Å²) in [4.78, 5) is 18.8. The van der Waals surface area contributed by atoms with Crippen LogP contribution in [0, 0.1) is 5.82 Å². The van der Waals surface area contributed by atoms with Crippen molar-refractivity contribution in [1.82, 2.24) is 9.66 Å². The molecule has 0 fully saturated rings. The largest absolute Gasteiger partial charge is 0.317 e. The minimum absolute atomic E-state index is 0.252. The van der Waals surface area contributed by atoms with Gasteiger partial charge in [-0.25, -0.2) is 14.1 Å². The summed E-state index contributed by atoms with van der Waals surface area (Å²) in [5.74, 6) is -0.174. The van der Waals surface area contributed by atoms with Gasteiger partial charge in [-0.1, -0.05) is 36.4 Å². The molecule has 0 bridgehead atoms. The van der Waals surface area contributed by atoms with Gasteiger partial charge in [0.05, 0.1) is 23.0 Å². The van der Waals surface area contributed by atoms with Gasteiger partial charge in [0.1, 0.15) is 5.82 Å². The van der Waals surface area contributed by atoms with Gasteiger partial charge in [-0.3, -0.25) is 4.79 Å². The molecule has 140 valence electrons. The summed E-state index contributed by atoms with van der Waals surface area (Å²) in [6, 6.07) is 21.5. The lowest BCUT2D eigenvalue weighted by molar-refractivity contribution is 0.627. The summed E-state index contributed by atoms with van der Waals surface area (Å²) in [6.45, 7) is 0.413. The highest BCUT2D eigenvalue weighted by Gasteiger charge is 2.15. The summed E-state index contributed by atoms with van der Waals surface area (Å²) in [7, 11) is 0. The molecular weight excluding hydrogens is 373 g/mol. The number of aromatic nitrogens is 2. The van der Waals surface area contributed by atoms with Gasteiger partial charge in [-0.15, -0.1) is 11.8 Å². The molecule has 0 spiro atoms. The molecule has 0 aliphatic rings. The predicted molar refractivity (Wildman–Crippen MR) is 113 cm³/mol. The van der Waals surface area contributed by atoms with E-state index in [1.807, 2.05) is 36.6 Å². The van der Waals surface area contributed by atoms with E-state index in [1.54, 1.807) is 48.2 Å². The van der Waals surface area contributed by atoms with Gasteiger partial charge in [-0.2, -0.15) is 0 Å². The molecule has 1 heterocycles. The zero-order valence-electron chi connectivity index (χ0n) is 15.2. The summed E-state index contributed by atoms with van der Waals surface area (Å²) >= 11 is 1.67. The molecule has 0 atom stereocenters. The Bertz CT molecular complexity index is 1190. The Hall–Kier alpha value is -3.12. The maximum absolute atomic E-state index is 14.4. The second-order valence-electron chi connectivity index (χ2n) is 6.26. The summed E-state index contributed by atoms with van der Waals surface area (Å²) in [5.41, 5.74) is 4.68. The number of hydrogen-bond donors (Lipinski definition) is 1. The third kappa shape index (κ3) is 3.51. The van der Waals surface area contributed by atoms with Crippen molar-refractivity contribution in [2.75, 3.05) is 11.7 Å². The molecule has 0 saturated carbocycles. The van der Waals surface area contributed by atoms with Crippen LogP contribution < -0.4 is 11.0 Å². The highest BCUT2D eigenvalue weighted by Crippen LogP contribution is 2.21. The smallest absolute Gasteiger partial charge is 0.280 e. The molecule has 0 aliphatic carbocycles. The Morgan fingerprint density at radius 2 is 1.71 bits per heavy atom. The molecule has 6 heteroatoms.